The summed E-state index contributed by atoms with van der Waals surface area (Å²) in [5, 5.41) is 11.5. The molecule has 0 amide bonds. The second-order valence-electron chi connectivity index (χ2n) is 6.65. The molecule has 0 aliphatic heterocycles. The Kier molecular flexibility index (Phi) is 5.41. The van der Waals surface area contributed by atoms with Crippen LogP contribution < -0.4 is 5.32 Å². The van der Waals surface area contributed by atoms with Gasteiger partial charge in [0.2, 0.25) is 10.0 Å². The summed E-state index contributed by atoms with van der Waals surface area (Å²) < 4.78 is 26.3. The van der Waals surface area contributed by atoms with Crippen molar-refractivity contribution in [1.29, 1.82) is 0 Å². The van der Waals surface area contributed by atoms with Gasteiger partial charge in [-0.3, -0.25) is 5.10 Å². The van der Waals surface area contributed by atoms with Crippen molar-refractivity contribution in [3.05, 3.63) is 59.8 Å². The molecule has 0 aliphatic rings. The number of nitrogens with one attached hydrogen (secondary N) is 2. The second-order valence-corrected chi connectivity index (χ2v) is 8.65. The van der Waals surface area contributed by atoms with E-state index >= 15 is 0 Å². The van der Waals surface area contributed by atoms with Crippen molar-refractivity contribution in [2.75, 3.05) is 7.05 Å². The van der Waals surface area contributed by atoms with Crippen molar-refractivity contribution in [2.45, 2.75) is 37.9 Å². The van der Waals surface area contributed by atoms with Gasteiger partial charge in [0.1, 0.15) is 0 Å². The Hall–Kier alpha value is -2.22. The summed E-state index contributed by atoms with van der Waals surface area (Å²) in [5.41, 5.74) is 3.23. The van der Waals surface area contributed by atoms with E-state index in [9.17, 15) is 8.42 Å². The normalized spacial score (nSPS) is 12.3. The lowest BCUT2D eigenvalue weighted by Gasteiger charge is -2.21. The smallest absolute Gasteiger partial charge is 0.243 e. The molecule has 26 heavy (non-hydrogen) atoms. The molecule has 3 rings (SSSR count). The average Bonchev–Trinajstić information content (AvgIpc) is 3.09. The third-order valence-corrected chi connectivity index (χ3v) is 6.54. The number of rotatable bonds is 7. The summed E-state index contributed by atoms with van der Waals surface area (Å²) in [7, 11) is -1.83. The highest BCUT2D eigenvalue weighted by Crippen LogP contribution is 2.17. The molecule has 1 aromatic heterocycles. The van der Waals surface area contributed by atoms with Crippen molar-refractivity contribution in [3.8, 4) is 0 Å². The van der Waals surface area contributed by atoms with Crippen LogP contribution in [0.5, 0.6) is 0 Å². The molecular formula is C19H24N4O2S. The van der Waals surface area contributed by atoms with Crippen LogP contribution >= 0.6 is 0 Å². The van der Waals surface area contributed by atoms with Crippen LogP contribution in [0, 0.1) is 0 Å². The summed E-state index contributed by atoms with van der Waals surface area (Å²) in [5.74, 6) is 0. The Morgan fingerprint density at radius 2 is 1.73 bits per heavy atom. The van der Waals surface area contributed by atoms with E-state index in [4.69, 9.17) is 0 Å². The fourth-order valence-electron chi connectivity index (χ4n) is 2.67. The van der Waals surface area contributed by atoms with E-state index in [2.05, 4.69) is 27.6 Å². The number of hydrogen-bond donors (Lipinski definition) is 2. The summed E-state index contributed by atoms with van der Waals surface area (Å²) in [6, 6.07) is 13.2. The minimum atomic E-state index is -3.43. The van der Waals surface area contributed by atoms with Gasteiger partial charge in [0.15, 0.2) is 0 Å². The molecule has 138 valence electrons. The molecule has 7 heteroatoms. The Morgan fingerprint density at radius 3 is 2.42 bits per heavy atom. The predicted molar refractivity (Wildman–Crippen MR) is 103 cm³/mol. The first-order valence-electron chi connectivity index (χ1n) is 8.57. The molecular weight excluding hydrogens is 348 g/mol. The molecule has 2 N–H and O–H groups in total. The van der Waals surface area contributed by atoms with Gasteiger partial charge in [-0.15, -0.1) is 0 Å². The van der Waals surface area contributed by atoms with Crippen LogP contribution in [0.15, 0.2) is 53.6 Å². The van der Waals surface area contributed by atoms with Crippen molar-refractivity contribution in [2.24, 2.45) is 0 Å². The Morgan fingerprint density at radius 1 is 1.08 bits per heavy atom. The largest absolute Gasteiger partial charge is 0.309 e. The Bertz CT molecular complexity index is 978. The maximum Gasteiger partial charge on any atom is 0.243 e. The first-order valence-corrected chi connectivity index (χ1v) is 10.0. The molecule has 0 saturated carbocycles. The van der Waals surface area contributed by atoms with E-state index in [1.165, 1.54) is 9.87 Å². The minimum Gasteiger partial charge on any atom is -0.309 e. The average molecular weight is 372 g/mol. The quantitative estimate of drug-likeness (QED) is 0.668. The van der Waals surface area contributed by atoms with Gasteiger partial charge in [0, 0.05) is 31.6 Å². The molecule has 6 nitrogen and oxygen atoms in total. The number of aromatic nitrogens is 2. The van der Waals surface area contributed by atoms with E-state index in [1.54, 1.807) is 25.4 Å². The van der Waals surface area contributed by atoms with Gasteiger partial charge in [-0.05, 0) is 43.2 Å². The molecule has 0 atom stereocenters. The van der Waals surface area contributed by atoms with Crippen LogP contribution in [-0.4, -0.2) is 36.0 Å². The zero-order valence-corrected chi connectivity index (χ0v) is 16.0. The van der Waals surface area contributed by atoms with Gasteiger partial charge in [-0.25, -0.2) is 8.42 Å². The summed E-state index contributed by atoms with van der Waals surface area (Å²) in [4.78, 5) is 0.321. The molecule has 0 aliphatic carbocycles. The monoisotopic (exact) mass is 372 g/mol. The van der Waals surface area contributed by atoms with Gasteiger partial charge in [-0.2, -0.15) is 9.40 Å². The fourth-order valence-corrected chi connectivity index (χ4v) is 4.04. The number of H-pyrrole nitrogens is 1. The van der Waals surface area contributed by atoms with Crippen LogP contribution in [0.3, 0.4) is 0 Å². The molecule has 0 radical (unpaired) electrons. The fraction of sp³-hybridized carbons (Fsp3) is 0.316. The summed E-state index contributed by atoms with van der Waals surface area (Å²) in [6.07, 6.45) is 1.80. The van der Waals surface area contributed by atoms with Gasteiger partial charge < -0.3 is 5.32 Å². The predicted octanol–water partition coefficient (Wildman–Crippen LogP) is 2.88. The molecule has 0 spiro atoms. The van der Waals surface area contributed by atoms with E-state index in [-0.39, 0.29) is 6.04 Å². The zero-order chi connectivity index (χ0) is 18.7. The lowest BCUT2D eigenvalue weighted by atomic mass is 10.1. The van der Waals surface area contributed by atoms with Crippen molar-refractivity contribution in [1.82, 2.24) is 19.8 Å². The zero-order valence-electron chi connectivity index (χ0n) is 15.2. The number of benzene rings is 2. The number of sulfonamides is 1. The molecule has 0 bridgehead atoms. The first kappa shape index (κ1) is 18.6. The van der Waals surface area contributed by atoms with Gasteiger partial charge in [-0.1, -0.05) is 24.3 Å². The van der Waals surface area contributed by atoms with E-state index in [1.807, 2.05) is 32.0 Å². The van der Waals surface area contributed by atoms with Crippen LogP contribution in [-0.2, 0) is 23.1 Å². The van der Waals surface area contributed by atoms with Crippen LogP contribution in [0.25, 0.3) is 10.9 Å². The molecule has 0 fully saturated rings. The van der Waals surface area contributed by atoms with Crippen molar-refractivity contribution in [3.63, 3.8) is 0 Å². The third-order valence-electron chi connectivity index (χ3n) is 4.49. The molecule has 3 aromatic rings. The van der Waals surface area contributed by atoms with Crippen LogP contribution in [0.2, 0.25) is 0 Å². The van der Waals surface area contributed by atoms with E-state index in [0.29, 0.717) is 11.4 Å². The number of hydrogen-bond acceptors (Lipinski definition) is 4. The maximum atomic E-state index is 12.5. The van der Waals surface area contributed by atoms with Crippen molar-refractivity contribution < 1.29 is 8.42 Å². The topological polar surface area (TPSA) is 78.1 Å². The standard InChI is InChI=1S/C19H24N4O2S/c1-14(2)23(3)26(24,25)18-8-5-15(6-9-18)11-20-12-16-4-7-17-13-21-22-19(17)10-16/h4-10,13-14,20H,11-12H2,1-3H3,(H,21,22). The first-order chi connectivity index (χ1) is 12.4. The lowest BCUT2D eigenvalue weighted by molar-refractivity contribution is 0.410. The maximum absolute atomic E-state index is 12.5. The van der Waals surface area contributed by atoms with Crippen LogP contribution in [0.1, 0.15) is 25.0 Å². The molecule has 0 saturated heterocycles. The molecule has 2 aromatic carbocycles. The van der Waals surface area contributed by atoms with Gasteiger partial charge in [0.05, 0.1) is 16.6 Å². The SMILES string of the molecule is CC(C)N(C)S(=O)(=O)c1ccc(CNCc2ccc3cn[nH]c3c2)cc1. The molecule has 0 unspecified atom stereocenters. The highest BCUT2D eigenvalue weighted by Gasteiger charge is 2.22. The van der Waals surface area contributed by atoms with E-state index < -0.39 is 10.0 Å². The number of aromatic amines is 1. The number of fused-ring (bicyclic) bond motifs is 1. The third kappa shape index (κ3) is 3.95. The Balaban J connectivity index is 1.60. The van der Waals surface area contributed by atoms with Gasteiger partial charge in [0.25, 0.3) is 0 Å². The van der Waals surface area contributed by atoms with Gasteiger partial charge >= 0.3 is 0 Å². The molecule has 1 heterocycles. The number of nitrogens with zero attached hydrogens (tertiary/aromatic N) is 2. The summed E-state index contributed by atoms with van der Waals surface area (Å²) in [6.45, 7) is 5.11. The van der Waals surface area contributed by atoms with Crippen molar-refractivity contribution >= 4 is 20.9 Å². The second kappa shape index (κ2) is 7.57. The lowest BCUT2D eigenvalue weighted by Crippen LogP contribution is -2.33. The minimum absolute atomic E-state index is 0.0754. The van der Waals surface area contributed by atoms with Crippen LogP contribution in [0.4, 0.5) is 0 Å². The highest BCUT2D eigenvalue weighted by molar-refractivity contribution is 7.89. The highest BCUT2D eigenvalue weighted by atomic mass is 32.2. The summed E-state index contributed by atoms with van der Waals surface area (Å²) >= 11 is 0. The van der Waals surface area contributed by atoms with E-state index in [0.717, 1.165) is 23.0 Å². The Labute approximate surface area is 154 Å².